The van der Waals surface area contributed by atoms with Crippen LogP contribution in [0, 0.1) is 5.82 Å². The highest BCUT2D eigenvalue weighted by molar-refractivity contribution is 6.11. The van der Waals surface area contributed by atoms with Gasteiger partial charge in [0.15, 0.2) is 0 Å². The van der Waals surface area contributed by atoms with Crippen molar-refractivity contribution < 1.29 is 23.5 Å². The minimum absolute atomic E-state index is 0.0576. The molecule has 6 nitrogen and oxygen atoms in total. The van der Waals surface area contributed by atoms with Crippen LogP contribution in [0.5, 0.6) is 5.75 Å². The Morgan fingerprint density at radius 3 is 2.33 bits per heavy atom. The second kappa shape index (κ2) is 11.4. The molecular weight excluding hydrogens is 531 g/mol. The Morgan fingerprint density at radius 2 is 1.62 bits per heavy atom. The van der Waals surface area contributed by atoms with Gasteiger partial charge in [0.05, 0.1) is 29.3 Å². The third-order valence-corrected chi connectivity index (χ3v) is 7.52. The smallest absolute Gasteiger partial charge is 0.338 e. The topological polar surface area (TPSA) is 60.8 Å². The van der Waals surface area contributed by atoms with Crippen LogP contribution in [0.1, 0.15) is 35.0 Å². The van der Waals surface area contributed by atoms with E-state index in [4.69, 9.17) is 9.47 Å². The zero-order valence-corrected chi connectivity index (χ0v) is 23.3. The van der Waals surface area contributed by atoms with E-state index < -0.39 is 5.97 Å². The molecule has 0 radical (unpaired) electrons. The van der Waals surface area contributed by atoms with Crippen LogP contribution in [-0.4, -0.2) is 35.0 Å². The summed E-state index contributed by atoms with van der Waals surface area (Å²) in [7, 11) is 1.36. The Balaban J connectivity index is 1.70. The molecule has 7 heteroatoms. The number of hydrogen-bond donors (Lipinski definition) is 0. The molecule has 4 aromatic carbocycles. The number of amides is 1. The number of rotatable bonds is 7. The lowest BCUT2D eigenvalue weighted by atomic mass is 9.93. The van der Waals surface area contributed by atoms with Crippen molar-refractivity contribution in [3.8, 4) is 22.6 Å². The number of ether oxygens (including phenoxy) is 2. The molecule has 42 heavy (non-hydrogen) atoms. The van der Waals surface area contributed by atoms with Gasteiger partial charge in [-0.2, -0.15) is 0 Å². The van der Waals surface area contributed by atoms with Crippen molar-refractivity contribution in [2.45, 2.75) is 20.0 Å². The Labute approximate surface area is 243 Å². The van der Waals surface area contributed by atoms with Crippen LogP contribution in [0.2, 0.25) is 0 Å². The summed E-state index contributed by atoms with van der Waals surface area (Å²) < 4.78 is 27.8. The number of esters is 1. The fraction of sp³-hybridized carbons (Fsp3) is 0.143. The molecule has 1 amide bonds. The summed E-state index contributed by atoms with van der Waals surface area (Å²) in [6, 6.07) is 29.3. The zero-order chi connectivity index (χ0) is 29.2. The van der Waals surface area contributed by atoms with Crippen LogP contribution in [-0.2, 0) is 16.1 Å². The maximum Gasteiger partial charge on any atom is 0.338 e. The zero-order valence-electron chi connectivity index (χ0n) is 23.3. The van der Waals surface area contributed by atoms with Gasteiger partial charge in [0.2, 0.25) is 5.91 Å². The molecule has 1 aliphatic heterocycles. The van der Waals surface area contributed by atoms with E-state index in [-0.39, 0.29) is 11.7 Å². The number of hydrogen-bond acceptors (Lipinski definition) is 4. The van der Waals surface area contributed by atoms with Gasteiger partial charge in [0.25, 0.3) is 0 Å². The van der Waals surface area contributed by atoms with Crippen molar-refractivity contribution in [1.29, 1.82) is 0 Å². The summed E-state index contributed by atoms with van der Waals surface area (Å²) in [5.41, 5.74) is 6.12. The average Bonchev–Trinajstić information content (AvgIpc) is 3.64. The summed E-state index contributed by atoms with van der Waals surface area (Å²) in [5, 5.41) is 0.797. The molecule has 0 saturated heterocycles. The lowest BCUT2D eigenvalue weighted by Crippen LogP contribution is -2.19. The van der Waals surface area contributed by atoms with Crippen molar-refractivity contribution in [2.24, 2.45) is 0 Å². The average molecular weight is 561 g/mol. The van der Waals surface area contributed by atoms with Crippen molar-refractivity contribution >= 4 is 28.4 Å². The molecule has 0 unspecified atom stereocenters. The van der Waals surface area contributed by atoms with Crippen LogP contribution < -0.4 is 4.74 Å². The molecule has 0 N–H and O–H groups in total. The van der Waals surface area contributed by atoms with Crippen LogP contribution in [0.15, 0.2) is 103 Å². The molecule has 0 aliphatic carbocycles. The van der Waals surface area contributed by atoms with Gasteiger partial charge in [-0.15, -0.1) is 0 Å². The minimum atomic E-state index is -0.465. The number of halogens is 1. The molecule has 0 fully saturated rings. The number of benzene rings is 4. The summed E-state index contributed by atoms with van der Waals surface area (Å²) in [5.74, 6) is -0.233. The first-order valence-corrected chi connectivity index (χ1v) is 13.7. The lowest BCUT2D eigenvalue weighted by Gasteiger charge is -2.15. The normalized spacial score (nSPS) is 12.8. The minimum Gasteiger partial charge on any atom is -0.488 e. The highest BCUT2D eigenvalue weighted by Gasteiger charge is 2.30. The number of carbonyl (C=O) groups excluding carboxylic acids is 2. The largest absolute Gasteiger partial charge is 0.488 e. The molecule has 0 saturated carbocycles. The first kappa shape index (κ1) is 27.0. The molecule has 2 heterocycles. The van der Waals surface area contributed by atoms with E-state index in [1.54, 1.807) is 29.2 Å². The van der Waals surface area contributed by atoms with E-state index in [9.17, 15) is 14.0 Å². The molecule has 0 bridgehead atoms. The first-order valence-electron chi connectivity index (χ1n) is 13.7. The van der Waals surface area contributed by atoms with Gasteiger partial charge in [0.1, 0.15) is 18.2 Å². The highest BCUT2D eigenvalue weighted by atomic mass is 19.1. The van der Waals surface area contributed by atoms with Crippen LogP contribution >= 0.6 is 0 Å². The Hall–Kier alpha value is -5.17. The van der Waals surface area contributed by atoms with E-state index in [0.29, 0.717) is 36.4 Å². The van der Waals surface area contributed by atoms with Gasteiger partial charge in [-0.3, -0.25) is 4.79 Å². The van der Waals surface area contributed by atoms with Gasteiger partial charge in [-0.1, -0.05) is 54.6 Å². The van der Waals surface area contributed by atoms with Gasteiger partial charge in [-0.25, -0.2) is 9.18 Å². The second-order valence-corrected chi connectivity index (χ2v) is 10.1. The first-order chi connectivity index (χ1) is 20.5. The van der Waals surface area contributed by atoms with Crippen molar-refractivity contribution in [3.05, 3.63) is 126 Å². The summed E-state index contributed by atoms with van der Waals surface area (Å²) in [6.45, 7) is 2.42. The Morgan fingerprint density at radius 1 is 0.881 bits per heavy atom. The molecule has 0 atom stereocenters. The molecule has 1 aliphatic rings. The molecular formula is C35H29FN2O4. The lowest BCUT2D eigenvalue weighted by molar-refractivity contribution is -0.125. The molecule has 5 aromatic rings. The Kier molecular flexibility index (Phi) is 7.32. The predicted octanol–water partition coefficient (Wildman–Crippen LogP) is 7.40. The van der Waals surface area contributed by atoms with Gasteiger partial charge in [0, 0.05) is 30.9 Å². The summed E-state index contributed by atoms with van der Waals surface area (Å²) >= 11 is 0. The third-order valence-electron chi connectivity index (χ3n) is 7.52. The quantitative estimate of drug-likeness (QED) is 0.195. The van der Waals surface area contributed by atoms with E-state index >= 15 is 0 Å². The molecule has 0 spiro atoms. The predicted molar refractivity (Wildman–Crippen MR) is 161 cm³/mol. The van der Waals surface area contributed by atoms with Crippen molar-refractivity contribution in [3.63, 3.8) is 0 Å². The van der Waals surface area contributed by atoms with Crippen molar-refractivity contribution in [2.75, 3.05) is 13.7 Å². The second-order valence-electron chi connectivity index (χ2n) is 10.1. The summed E-state index contributed by atoms with van der Waals surface area (Å²) in [6.07, 6.45) is 2.47. The molecule has 210 valence electrons. The Bertz CT molecular complexity index is 1820. The van der Waals surface area contributed by atoms with E-state index in [2.05, 4.69) is 4.57 Å². The number of fused-ring (bicyclic) bond motifs is 1. The van der Waals surface area contributed by atoms with Crippen LogP contribution in [0.25, 0.3) is 33.3 Å². The van der Waals surface area contributed by atoms with E-state index in [1.165, 1.54) is 26.2 Å². The standard InChI is InChI=1S/C35H29FN2O4/c1-23(39)37-20-19-25(21-37)34-32(28-11-6-7-12-29(28)35(40)41-2)33-30(38(34)27-17-15-26(36)16-18-27)13-8-14-31(33)42-22-24-9-4-3-5-10-24/h3-18,21H,19-20,22H2,1-2H3. The fourth-order valence-corrected chi connectivity index (χ4v) is 5.56. The van der Waals surface area contributed by atoms with Gasteiger partial charge in [-0.05, 0) is 65.6 Å². The number of carbonyl (C=O) groups is 2. The number of methoxy groups -OCH3 is 1. The highest BCUT2D eigenvalue weighted by Crippen LogP contribution is 2.47. The molecule has 1 aromatic heterocycles. The van der Waals surface area contributed by atoms with E-state index in [1.807, 2.05) is 66.9 Å². The third kappa shape index (κ3) is 4.94. The molecule has 6 rings (SSSR count). The van der Waals surface area contributed by atoms with Crippen LogP contribution in [0.4, 0.5) is 4.39 Å². The van der Waals surface area contributed by atoms with Gasteiger partial charge >= 0.3 is 5.97 Å². The number of nitrogens with zero attached hydrogens (tertiary/aromatic N) is 2. The maximum absolute atomic E-state index is 14.1. The summed E-state index contributed by atoms with van der Waals surface area (Å²) in [4.78, 5) is 27.1. The monoisotopic (exact) mass is 560 g/mol. The van der Waals surface area contributed by atoms with E-state index in [0.717, 1.165) is 39.0 Å². The maximum atomic E-state index is 14.1. The van der Waals surface area contributed by atoms with Gasteiger partial charge < -0.3 is 18.9 Å². The number of aromatic nitrogens is 1. The SMILES string of the molecule is COC(=O)c1ccccc1-c1c(C2=CN(C(C)=O)CC2)n(-c2ccc(F)cc2)c2cccc(OCc3ccccc3)c12. The van der Waals surface area contributed by atoms with Crippen molar-refractivity contribution in [1.82, 2.24) is 9.47 Å². The van der Waals surface area contributed by atoms with Crippen LogP contribution in [0.3, 0.4) is 0 Å². The fourth-order valence-electron chi connectivity index (χ4n) is 5.56.